The van der Waals surface area contributed by atoms with Crippen molar-refractivity contribution in [2.75, 3.05) is 0 Å². The molecule has 1 aliphatic carbocycles. The molecule has 1 nitrogen and oxygen atoms in total. The number of aliphatic hydroxyl groups excluding tert-OH is 1. The molecule has 19 heavy (non-hydrogen) atoms. The van der Waals surface area contributed by atoms with Gasteiger partial charge in [-0.1, -0.05) is 55.5 Å². The second-order valence-corrected chi connectivity index (χ2v) is 6.08. The Morgan fingerprint density at radius 3 is 2.53 bits per heavy atom. The van der Waals surface area contributed by atoms with Crippen LogP contribution in [0, 0.1) is 11.3 Å². The summed E-state index contributed by atoms with van der Waals surface area (Å²) in [5.41, 5.74) is 2.23. The molecule has 0 spiro atoms. The number of hydrogen-bond donors (Lipinski definition) is 1. The first kappa shape index (κ1) is 14.1. The maximum Gasteiger partial charge on any atom is 0.0681 e. The lowest BCUT2D eigenvalue weighted by atomic mass is 9.59. The van der Waals surface area contributed by atoms with Crippen molar-refractivity contribution in [3.63, 3.8) is 0 Å². The molecule has 1 N–H and O–H groups in total. The minimum absolute atomic E-state index is 0.0489. The van der Waals surface area contributed by atoms with Crippen LogP contribution in [-0.4, -0.2) is 11.2 Å². The van der Waals surface area contributed by atoms with Crippen LogP contribution in [0.3, 0.4) is 0 Å². The van der Waals surface area contributed by atoms with Gasteiger partial charge in [-0.25, -0.2) is 0 Å². The summed E-state index contributed by atoms with van der Waals surface area (Å²) in [5.74, 6) is 0.292. The first-order chi connectivity index (χ1) is 8.99. The lowest BCUT2D eigenvalue weighted by molar-refractivity contribution is 0.0145. The minimum atomic E-state index is -0.378. The van der Waals surface area contributed by atoms with E-state index >= 15 is 0 Å². The number of benzene rings is 1. The zero-order valence-corrected chi connectivity index (χ0v) is 12.0. The highest BCUT2D eigenvalue weighted by Crippen LogP contribution is 2.51. The van der Waals surface area contributed by atoms with E-state index in [1.165, 1.54) is 5.56 Å². The van der Waals surface area contributed by atoms with Crippen molar-refractivity contribution in [3.8, 4) is 0 Å². The van der Waals surface area contributed by atoms with E-state index in [1.54, 1.807) is 0 Å². The summed E-state index contributed by atoms with van der Waals surface area (Å²) in [5, 5.41) is 10.8. The molecule has 0 aromatic heterocycles. The second kappa shape index (κ2) is 5.34. The second-order valence-electron chi connectivity index (χ2n) is 6.08. The van der Waals surface area contributed by atoms with Crippen LogP contribution in [0.5, 0.6) is 0 Å². The molecule has 1 aromatic carbocycles. The number of rotatable bonds is 3. The third-order valence-electron chi connectivity index (χ3n) is 4.72. The van der Waals surface area contributed by atoms with Crippen molar-refractivity contribution >= 4 is 0 Å². The van der Waals surface area contributed by atoms with Crippen LogP contribution in [0.4, 0.5) is 0 Å². The molecule has 0 heterocycles. The van der Waals surface area contributed by atoms with Crippen LogP contribution < -0.4 is 0 Å². The van der Waals surface area contributed by atoms with E-state index < -0.39 is 0 Å². The van der Waals surface area contributed by atoms with Gasteiger partial charge in [-0.15, -0.1) is 6.58 Å². The molecule has 0 bridgehead atoms. The van der Waals surface area contributed by atoms with Gasteiger partial charge in [-0.3, -0.25) is 0 Å². The predicted molar refractivity (Wildman–Crippen MR) is 81.0 cm³/mol. The largest absolute Gasteiger partial charge is 0.392 e. The Hall–Kier alpha value is -1.34. The van der Waals surface area contributed by atoms with E-state index in [-0.39, 0.29) is 23.4 Å². The molecule has 1 aromatic rings. The Labute approximate surface area is 116 Å². The average molecular weight is 256 g/mol. The first-order valence-electron chi connectivity index (χ1n) is 7.01. The Morgan fingerprint density at radius 2 is 2.00 bits per heavy atom. The molecule has 102 valence electrons. The zero-order chi connectivity index (χ0) is 14.0. The van der Waals surface area contributed by atoms with E-state index in [2.05, 4.69) is 32.2 Å². The minimum Gasteiger partial charge on any atom is -0.392 e. The summed E-state index contributed by atoms with van der Waals surface area (Å²) in [7, 11) is 0. The van der Waals surface area contributed by atoms with Crippen molar-refractivity contribution < 1.29 is 5.11 Å². The molecule has 0 radical (unpaired) electrons. The summed E-state index contributed by atoms with van der Waals surface area (Å²) in [6, 6.07) is 10.3. The van der Waals surface area contributed by atoms with Crippen LogP contribution >= 0.6 is 0 Å². The standard InChI is InChI=1S/C18H24O/c1-5-18(4)12-11-15(13(2)3)17(19)16(18)14-9-7-6-8-10-14/h5-10,15-17,19H,1-2,11-12H2,3-4H3/t15-,16+,17-,18-/m0/s1. The van der Waals surface area contributed by atoms with Gasteiger partial charge in [0.1, 0.15) is 0 Å². The Bertz CT molecular complexity index is 462. The molecule has 1 aliphatic rings. The highest BCUT2D eigenvalue weighted by atomic mass is 16.3. The molecule has 2 rings (SSSR count). The SMILES string of the molecule is C=C[C@@]1(C)CC[C@@H](C(=C)C)[C@H](O)[C@H]1c1ccccc1. The van der Waals surface area contributed by atoms with Crippen molar-refractivity contribution in [2.24, 2.45) is 11.3 Å². The molecule has 0 saturated heterocycles. The first-order valence-corrected chi connectivity index (χ1v) is 7.01. The summed E-state index contributed by atoms with van der Waals surface area (Å²) in [6.45, 7) is 12.3. The van der Waals surface area contributed by atoms with Gasteiger partial charge in [0.25, 0.3) is 0 Å². The van der Waals surface area contributed by atoms with Crippen molar-refractivity contribution in [1.29, 1.82) is 0 Å². The fourth-order valence-corrected chi connectivity index (χ4v) is 3.42. The fourth-order valence-electron chi connectivity index (χ4n) is 3.42. The molecule has 0 aliphatic heterocycles. The zero-order valence-electron chi connectivity index (χ0n) is 12.0. The van der Waals surface area contributed by atoms with E-state index in [0.29, 0.717) is 0 Å². The number of hydrogen-bond acceptors (Lipinski definition) is 1. The molecule has 1 saturated carbocycles. The number of allylic oxidation sites excluding steroid dienone is 1. The van der Waals surface area contributed by atoms with Gasteiger partial charge >= 0.3 is 0 Å². The van der Waals surface area contributed by atoms with Crippen LogP contribution in [0.25, 0.3) is 0 Å². The van der Waals surface area contributed by atoms with Crippen LogP contribution in [0.1, 0.15) is 38.2 Å². The van der Waals surface area contributed by atoms with Gasteiger partial charge in [0, 0.05) is 11.8 Å². The molecule has 0 amide bonds. The van der Waals surface area contributed by atoms with Crippen molar-refractivity contribution in [3.05, 3.63) is 60.7 Å². The predicted octanol–water partition coefficient (Wildman–Crippen LogP) is 4.31. The number of aliphatic hydroxyl groups is 1. The maximum atomic E-state index is 10.8. The Morgan fingerprint density at radius 1 is 1.37 bits per heavy atom. The molecule has 0 unspecified atom stereocenters. The Kier molecular flexibility index (Phi) is 3.96. The van der Waals surface area contributed by atoms with Gasteiger partial charge in [0.2, 0.25) is 0 Å². The van der Waals surface area contributed by atoms with Gasteiger partial charge in [-0.05, 0) is 30.7 Å². The normalized spacial score (nSPS) is 34.8. The Balaban J connectivity index is 2.43. The van der Waals surface area contributed by atoms with Crippen LogP contribution in [0.2, 0.25) is 0 Å². The summed E-state index contributed by atoms with van der Waals surface area (Å²) >= 11 is 0. The highest BCUT2D eigenvalue weighted by molar-refractivity contribution is 5.28. The van der Waals surface area contributed by atoms with E-state index in [4.69, 9.17) is 0 Å². The van der Waals surface area contributed by atoms with Crippen molar-refractivity contribution in [2.45, 2.75) is 38.7 Å². The highest BCUT2D eigenvalue weighted by Gasteiger charge is 2.45. The lowest BCUT2D eigenvalue weighted by Crippen LogP contribution is -2.42. The van der Waals surface area contributed by atoms with Crippen molar-refractivity contribution in [1.82, 2.24) is 0 Å². The van der Waals surface area contributed by atoms with Crippen LogP contribution in [-0.2, 0) is 0 Å². The summed E-state index contributed by atoms with van der Waals surface area (Å²) in [4.78, 5) is 0. The molecule has 1 fully saturated rings. The molecule has 1 heteroatoms. The molecular formula is C18H24O. The monoisotopic (exact) mass is 256 g/mol. The lowest BCUT2D eigenvalue weighted by Gasteiger charge is -2.47. The van der Waals surface area contributed by atoms with E-state index in [0.717, 1.165) is 18.4 Å². The third kappa shape index (κ3) is 2.52. The smallest absolute Gasteiger partial charge is 0.0681 e. The van der Waals surface area contributed by atoms with E-state index in [9.17, 15) is 5.11 Å². The fraction of sp³-hybridized carbons (Fsp3) is 0.444. The van der Waals surface area contributed by atoms with Gasteiger partial charge < -0.3 is 5.11 Å². The van der Waals surface area contributed by atoms with Crippen LogP contribution in [0.15, 0.2) is 55.1 Å². The summed E-state index contributed by atoms with van der Waals surface area (Å²) < 4.78 is 0. The third-order valence-corrected chi connectivity index (χ3v) is 4.72. The van der Waals surface area contributed by atoms with E-state index in [1.807, 2.05) is 31.2 Å². The van der Waals surface area contributed by atoms with Gasteiger partial charge in [0.05, 0.1) is 6.10 Å². The molecular weight excluding hydrogens is 232 g/mol. The topological polar surface area (TPSA) is 20.2 Å². The quantitative estimate of drug-likeness (QED) is 0.799. The van der Waals surface area contributed by atoms with Gasteiger partial charge in [-0.2, -0.15) is 0 Å². The average Bonchev–Trinajstić information content (AvgIpc) is 2.39. The summed E-state index contributed by atoms with van der Waals surface area (Å²) in [6.07, 6.45) is 3.67. The maximum absolute atomic E-state index is 10.8. The molecule has 4 atom stereocenters. The van der Waals surface area contributed by atoms with Gasteiger partial charge in [0.15, 0.2) is 0 Å².